The third-order valence-electron chi connectivity index (χ3n) is 2.25. The molecular formula is C10H8NNaO4S. The predicted octanol–water partition coefficient (Wildman–Crippen LogP) is -1.96. The SMILES string of the molecule is Nc1cc2ccccc2c(O)c1S(=O)(=O)[O-].[Na+]. The molecule has 0 fully saturated rings. The number of benzene rings is 2. The summed E-state index contributed by atoms with van der Waals surface area (Å²) in [6.45, 7) is 0. The van der Waals surface area contributed by atoms with E-state index in [0.717, 1.165) is 0 Å². The summed E-state index contributed by atoms with van der Waals surface area (Å²) in [4.78, 5) is -0.758. The molecule has 3 N–H and O–H groups in total. The van der Waals surface area contributed by atoms with Crippen LogP contribution in [0.1, 0.15) is 0 Å². The molecule has 2 rings (SSSR count). The number of nitrogens with two attached hydrogens (primary N) is 1. The molecule has 84 valence electrons. The average Bonchev–Trinajstić information content (AvgIpc) is 2.15. The van der Waals surface area contributed by atoms with Gasteiger partial charge in [0.1, 0.15) is 20.8 Å². The number of aromatic hydroxyl groups is 1. The van der Waals surface area contributed by atoms with Crippen LogP contribution in [0.25, 0.3) is 10.8 Å². The average molecular weight is 261 g/mol. The van der Waals surface area contributed by atoms with Crippen molar-refractivity contribution in [3.63, 3.8) is 0 Å². The second-order valence-electron chi connectivity index (χ2n) is 3.32. The van der Waals surface area contributed by atoms with E-state index < -0.39 is 20.8 Å². The molecule has 0 amide bonds. The van der Waals surface area contributed by atoms with E-state index >= 15 is 0 Å². The number of phenolic OH excluding ortho intramolecular Hbond substituents is 1. The van der Waals surface area contributed by atoms with Gasteiger partial charge in [0.05, 0.1) is 5.69 Å². The summed E-state index contributed by atoms with van der Waals surface area (Å²) in [7, 11) is -4.78. The topological polar surface area (TPSA) is 103 Å². The van der Waals surface area contributed by atoms with Crippen LogP contribution in [0, 0.1) is 0 Å². The monoisotopic (exact) mass is 261 g/mol. The quantitative estimate of drug-likeness (QED) is 0.352. The second-order valence-corrected chi connectivity index (χ2v) is 4.64. The Balaban J connectivity index is 0.00000144. The number of nitrogen functional groups attached to an aromatic ring is 1. The van der Waals surface area contributed by atoms with Gasteiger partial charge in [0.25, 0.3) is 0 Å². The fourth-order valence-corrected chi connectivity index (χ4v) is 2.29. The van der Waals surface area contributed by atoms with Gasteiger partial charge in [-0.05, 0) is 11.5 Å². The Labute approximate surface area is 120 Å². The molecule has 0 aliphatic carbocycles. The molecular weight excluding hydrogens is 253 g/mol. The van der Waals surface area contributed by atoms with E-state index in [9.17, 15) is 18.1 Å². The summed E-state index contributed by atoms with van der Waals surface area (Å²) in [5, 5.41) is 10.6. The molecule has 0 aliphatic rings. The molecule has 0 aliphatic heterocycles. The minimum atomic E-state index is -4.78. The molecule has 17 heavy (non-hydrogen) atoms. The molecule has 0 heterocycles. The van der Waals surface area contributed by atoms with E-state index in [1.165, 1.54) is 12.1 Å². The number of phenols is 1. The first-order chi connectivity index (χ1) is 7.41. The number of anilines is 1. The van der Waals surface area contributed by atoms with Gasteiger partial charge in [0.2, 0.25) is 0 Å². The van der Waals surface area contributed by atoms with Crippen LogP contribution in [0.15, 0.2) is 35.2 Å². The van der Waals surface area contributed by atoms with Crippen LogP contribution in [0.4, 0.5) is 5.69 Å². The summed E-state index contributed by atoms with van der Waals surface area (Å²) >= 11 is 0. The Hall–Kier alpha value is -0.790. The van der Waals surface area contributed by atoms with Crippen molar-refractivity contribution in [2.75, 3.05) is 5.73 Å². The van der Waals surface area contributed by atoms with Gasteiger partial charge >= 0.3 is 29.6 Å². The first-order valence-corrected chi connectivity index (χ1v) is 5.78. The van der Waals surface area contributed by atoms with Crippen molar-refractivity contribution in [3.05, 3.63) is 30.3 Å². The Kier molecular flexibility index (Phi) is 4.06. The minimum absolute atomic E-state index is 0. The molecule has 0 bridgehead atoms. The first-order valence-electron chi connectivity index (χ1n) is 4.37. The number of fused-ring (bicyclic) bond motifs is 1. The molecule has 0 atom stereocenters. The van der Waals surface area contributed by atoms with Crippen LogP contribution >= 0.6 is 0 Å². The second kappa shape index (κ2) is 4.83. The van der Waals surface area contributed by atoms with E-state index in [-0.39, 0.29) is 40.6 Å². The maximum absolute atomic E-state index is 10.9. The van der Waals surface area contributed by atoms with Gasteiger partial charge in [-0.25, -0.2) is 8.42 Å². The molecule has 2 aromatic carbocycles. The number of hydrogen-bond acceptors (Lipinski definition) is 5. The number of rotatable bonds is 1. The summed E-state index contributed by atoms with van der Waals surface area (Å²) in [6.07, 6.45) is 0. The van der Waals surface area contributed by atoms with Crippen molar-refractivity contribution < 1.29 is 47.6 Å². The Morgan fingerprint density at radius 3 is 2.41 bits per heavy atom. The van der Waals surface area contributed by atoms with E-state index in [4.69, 9.17) is 5.73 Å². The van der Waals surface area contributed by atoms with Crippen LogP contribution in [0.2, 0.25) is 0 Å². The van der Waals surface area contributed by atoms with Crippen molar-refractivity contribution in [1.29, 1.82) is 0 Å². The molecule has 0 aromatic heterocycles. The largest absolute Gasteiger partial charge is 1.00 e. The first kappa shape index (κ1) is 14.3. The van der Waals surface area contributed by atoms with Crippen molar-refractivity contribution in [1.82, 2.24) is 0 Å². The summed E-state index contributed by atoms with van der Waals surface area (Å²) in [5.74, 6) is -0.592. The summed E-state index contributed by atoms with van der Waals surface area (Å²) in [6, 6.07) is 7.86. The van der Waals surface area contributed by atoms with Gasteiger partial charge < -0.3 is 15.4 Å². The zero-order chi connectivity index (χ0) is 11.9. The third kappa shape index (κ3) is 2.56. The van der Waals surface area contributed by atoms with Gasteiger partial charge in [-0.3, -0.25) is 0 Å². The Morgan fingerprint density at radius 2 is 1.82 bits per heavy atom. The zero-order valence-electron chi connectivity index (χ0n) is 9.04. The van der Waals surface area contributed by atoms with Crippen molar-refractivity contribution in [2.45, 2.75) is 4.90 Å². The maximum atomic E-state index is 10.9. The molecule has 0 saturated carbocycles. The normalized spacial score (nSPS) is 11.1. The summed E-state index contributed by atoms with van der Waals surface area (Å²) in [5.41, 5.74) is 5.19. The van der Waals surface area contributed by atoms with Gasteiger partial charge in [0, 0.05) is 5.39 Å². The Bertz CT molecular complexity index is 669. The van der Waals surface area contributed by atoms with E-state index in [0.29, 0.717) is 5.39 Å². The third-order valence-corrected chi connectivity index (χ3v) is 3.18. The molecule has 0 radical (unpaired) electrons. The van der Waals surface area contributed by atoms with Crippen LogP contribution in [-0.2, 0) is 10.1 Å². The van der Waals surface area contributed by atoms with Crippen LogP contribution in [-0.4, -0.2) is 18.1 Å². The smallest absolute Gasteiger partial charge is 0.744 e. The summed E-state index contributed by atoms with van der Waals surface area (Å²) < 4.78 is 32.8. The standard InChI is InChI=1S/C10H9NO4S.Na/c11-8-5-6-3-1-2-4-7(6)9(12)10(8)16(13,14)15;/h1-5,12H,11H2,(H,13,14,15);/q;+1/p-1. The van der Waals surface area contributed by atoms with Crippen molar-refractivity contribution in [3.8, 4) is 5.75 Å². The Morgan fingerprint density at radius 1 is 1.24 bits per heavy atom. The molecule has 0 spiro atoms. The molecule has 5 nitrogen and oxygen atoms in total. The fourth-order valence-electron chi connectivity index (χ4n) is 1.59. The number of hydrogen-bond donors (Lipinski definition) is 2. The minimum Gasteiger partial charge on any atom is -0.744 e. The fraction of sp³-hybridized carbons (Fsp3) is 0. The predicted molar refractivity (Wildman–Crippen MR) is 58.0 cm³/mol. The van der Waals surface area contributed by atoms with E-state index in [1.807, 2.05) is 0 Å². The maximum Gasteiger partial charge on any atom is 1.00 e. The van der Waals surface area contributed by atoms with E-state index in [1.54, 1.807) is 18.2 Å². The molecule has 0 unspecified atom stereocenters. The van der Waals surface area contributed by atoms with Crippen molar-refractivity contribution in [2.24, 2.45) is 0 Å². The zero-order valence-corrected chi connectivity index (χ0v) is 11.9. The molecule has 2 aromatic rings. The van der Waals surface area contributed by atoms with Gasteiger partial charge in [-0.15, -0.1) is 0 Å². The van der Waals surface area contributed by atoms with Gasteiger partial charge in [-0.1, -0.05) is 24.3 Å². The molecule has 7 heteroatoms. The van der Waals surface area contributed by atoms with Crippen LogP contribution in [0.5, 0.6) is 5.75 Å². The van der Waals surface area contributed by atoms with Crippen LogP contribution in [0.3, 0.4) is 0 Å². The van der Waals surface area contributed by atoms with E-state index in [2.05, 4.69) is 0 Å². The van der Waals surface area contributed by atoms with Gasteiger partial charge in [0.15, 0.2) is 0 Å². The molecule has 0 saturated heterocycles. The van der Waals surface area contributed by atoms with Gasteiger partial charge in [-0.2, -0.15) is 0 Å². The van der Waals surface area contributed by atoms with Crippen LogP contribution < -0.4 is 35.3 Å². The van der Waals surface area contributed by atoms with Crippen molar-refractivity contribution >= 4 is 26.6 Å².